The molecule has 1 aliphatic rings. The molecule has 0 saturated carbocycles. The first-order chi connectivity index (χ1) is 10.1. The van der Waals surface area contributed by atoms with Crippen LogP contribution in [-0.2, 0) is 4.79 Å². The Morgan fingerprint density at radius 3 is 2.67 bits per heavy atom. The average Bonchev–Trinajstić information content (AvgIpc) is 2.92. The Morgan fingerprint density at radius 2 is 2.10 bits per heavy atom. The van der Waals surface area contributed by atoms with Gasteiger partial charge in [0.2, 0.25) is 5.91 Å². The van der Waals surface area contributed by atoms with E-state index in [-0.39, 0.29) is 11.8 Å². The fourth-order valence-corrected chi connectivity index (χ4v) is 3.48. The Balaban J connectivity index is 1.79. The highest BCUT2D eigenvalue weighted by atomic mass is 127. The van der Waals surface area contributed by atoms with Crippen molar-refractivity contribution in [3.63, 3.8) is 0 Å². The van der Waals surface area contributed by atoms with E-state index in [1.54, 1.807) is 17.4 Å². The van der Waals surface area contributed by atoms with Gasteiger partial charge in [0.1, 0.15) is 0 Å². The molecule has 1 N–H and O–H groups in total. The zero-order chi connectivity index (χ0) is 15.2. The van der Waals surface area contributed by atoms with E-state index in [4.69, 9.17) is 0 Å². The number of hydrogen-bond donors (Lipinski definition) is 1. The molecule has 21 heavy (non-hydrogen) atoms. The van der Waals surface area contributed by atoms with Crippen LogP contribution < -0.4 is 5.32 Å². The second-order valence-corrected chi connectivity index (χ2v) is 7.61. The molecule has 1 fully saturated rings. The lowest BCUT2D eigenvalue weighted by molar-refractivity contribution is -0.122. The quantitative estimate of drug-likeness (QED) is 0.580. The summed E-state index contributed by atoms with van der Waals surface area (Å²) >= 11 is 3.80. The molecule has 1 aromatic rings. The van der Waals surface area contributed by atoms with Crippen molar-refractivity contribution >= 4 is 45.7 Å². The van der Waals surface area contributed by atoms with Gasteiger partial charge in [0, 0.05) is 38.1 Å². The number of carbonyl (C=O) groups excluding carboxylic acids is 2. The van der Waals surface area contributed by atoms with Gasteiger partial charge in [-0.15, -0.1) is 17.9 Å². The van der Waals surface area contributed by atoms with E-state index in [1.807, 2.05) is 16.3 Å². The molecule has 2 heterocycles. The summed E-state index contributed by atoms with van der Waals surface area (Å²) in [5.41, 5.74) is 0.765. The Bertz CT molecular complexity index is 524. The third-order valence-corrected chi connectivity index (χ3v) is 5.07. The second-order valence-electron chi connectivity index (χ2n) is 4.80. The molecule has 5 nitrogen and oxygen atoms in total. The number of carbonyl (C=O) groups is 2. The van der Waals surface area contributed by atoms with Gasteiger partial charge in [0.25, 0.3) is 5.91 Å². The van der Waals surface area contributed by atoms with Crippen molar-refractivity contribution < 1.29 is 9.59 Å². The zero-order valence-electron chi connectivity index (χ0n) is 11.7. The van der Waals surface area contributed by atoms with E-state index in [0.717, 1.165) is 21.5 Å². The molecule has 0 spiro atoms. The summed E-state index contributed by atoms with van der Waals surface area (Å²) in [6.45, 7) is 7.24. The number of nitrogens with zero attached hydrogens (tertiary/aromatic N) is 2. The van der Waals surface area contributed by atoms with E-state index in [2.05, 4.69) is 39.4 Å². The van der Waals surface area contributed by atoms with Crippen LogP contribution in [0, 0.1) is 2.88 Å². The minimum atomic E-state index is 0.00191. The number of nitrogens with one attached hydrogen (secondary N) is 1. The molecular weight excluding hydrogens is 401 g/mol. The van der Waals surface area contributed by atoms with Crippen molar-refractivity contribution in [3.8, 4) is 0 Å². The molecule has 0 unspecified atom stereocenters. The predicted octanol–water partition coefficient (Wildman–Crippen LogP) is 1.41. The molecule has 2 rings (SSSR count). The summed E-state index contributed by atoms with van der Waals surface area (Å²) in [6, 6.07) is 1.92. The van der Waals surface area contributed by atoms with Gasteiger partial charge >= 0.3 is 0 Å². The first kappa shape index (κ1) is 16.4. The number of thiophene rings is 1. The molecule has 0 aromatic carbocycles. The Labute approximate surface area is 142 Å². The summed E-state index contributed by atoms with van der Waals surface area (Å²) in [4.78, 5) is 27.9. The maximum atomic E-state index is 12.3. The first-order valence-corrected chi connectivity index (χ1v) is 8.69. The predicted molar refractivity (Wildman–Crippen MR) is 92.6 cm³/mol. The number of rotatable bonds is 5. The Kier molecular flexibility index (Phi) is 6.19. The maximum Gasteiger partial charge on any atom is 0.254 e. The molecule has 0 bridgehead atoms. The third kappa shape index (κ3) is 4.79. The number of piperazine rings is 1. The largest absolute Gasteiger partial charge is 0.352 e. The van der Waals surface area contributed by atoms with Gasteiger partial charge in [-0.25, -0.2) is 0 Å². The van der Waals surface area contributed by atoms with Crippen LogP contribution in [0.1, 0.15) is 10.4 Å². The number of halogens is 1. The molecule has 0 radical (unpaired) electrons. The standard InChI is InChI=1S/C14H18IN3O2S/c1-2-3-16-13(19)9-17-4-6-18(7-5-17)14(20)11-8-12(15)21-10-11/h2,8,10H,1,3-7,9H2,(H,16,19). The van der Waals surface area contributed by atoms with Gasteiger partial charge in [-0.05, 0) is 28.7 Å². The van der Waals surface area contributed by atoms with Crippen LogP contribution in [0.5, 0.6) is 0 Å². The number of hydrogen-bond acceptors (Lipinski definition) is 4. The summed E-state index contributed by atoms with van der Waals surface area (Å²) in [7, 11) is 0. The summed E-state index contributed by atoms with van der Waals surface area (Å²) in [5, 5.41) is 4.67. The lowest BCUT2D eigenvalue weighted by Gasteiger charge is -2.34. The van der Waals surface area contributed by atoms with E-state index >= 15 is 0 Å². The van der Waals surface area contributed by atoms with Gasteiger partial charge in [-0.2, -0.15) is 0 Å². The first-order valence-electron chi connectivity index (χ1n) is 6.73. The van der Waals surface area contributed by atoms with Crippen molar-refractivity contribution in [1.82, 2.24) is 15.1 Å². The summed E-state index contributed by atoms with van der Waals surface area (Å²) in [5.74, 6) is 0.0898. The SMILES string of the molecule is C=CCNC(=O)CN1CCN(C(=O)c2csc(I)c2)CC1. The monoisotopic (exact) mass is 419 g/mol. The van der Waals surface area contributed by atoms with E-state index in [9.17, 15) is 9.59 Å². The van der Waals surface area contributed by atoms with E-state index in [1.165, 1.54) is 0 Å². The van der Waals surface area contributed by atoms with Gasteiger partial charge < -0.3 is 10.2 Å². The van der Waals surface area contributed by atoms with Crippen LogP contribution in [0.3, 0.4) is 0 Å². The summed E-state index contributed by atoms with van der Waals surface area (Å²) < 4.78 is 1.12. The topological polar surface area (TPSA) is 52.7 Å². The fourth-order valence-electron chi connectivity index (χ4n) is 2.16. The molecule has 0 atom stereocenters. The molecule has 0 aliphatic carbocycles. The highest BCUT2D eigenvalue weighted by Gasteiger charge is 2.23. The Hall–Kier alpha value is -0.930. The van der Waals surface area contributed by atoms with Crippen LogP contribution in [0.25, 0.3) is 0 Å². The lowest BCUT2D eigenvalue weighted by Crippen LogP contribution is -2.51. The van der Waals surface area contributed by atoms with Gasteiger partial charge in [-0.3, -0.25) is 14.5 Å². The van der Waals surface area contributed by atoms with Gasteiger partial charge in [0.05, 0.1) is 15.0 Å². The van der Waals surface area contributed by atoms with Crippen molar-refractivity contribution in [1.29, 1.82) is 0 Å². The van der Waals surface area contributed by atoms with Gasteiger partial charge in [0.15, 0.2) is 0 Å². The molecule has 1 saturated heterocycles. The second kappa shape index (κ2) is 7.90. The molecule has 2 amide bonds. The smallest absolute Gasteiger partial charge is 0.254 e. The van der Waals surface area contributed by atoms with E-state index in [0.29, 0.717) is 26.2 Å². The van der Waals surface area contributed by atoms with Crippen LogP contribution in [-0.4, -0.2) is 60.9 Å². The highest BCUT2D eigenvalue weighted by Crippen LogP contribution is 2.18. The molecule has 114 valence electrons. The van der Waals surface area contributed by atoms with Crippen LogP contribution >= 0.6 is 33.9 Å². The Morgan fingerprint density at radius 1 is 1.38 bits per heavy atom. The maximum absolute atomic E-state index is 12.3. The lowest BCUT2D eigenvalue weighted by atomic mass is 10.2. The normalized spacial score (nSPS) is 15.8. The van der Waals surface area contributed by atoms with Gasteiger partial charge in [-0.1, -0.05) is 6.08 Å². The van der Waals surface area contributed by atoms with Crippen molar-refractivity contribution in [3.05, 3.63) is 32.5 Å². The van der Waals surface area contributed by atoms with Crippen molar-refractivity contribution in [2.75, 3.05) is 39.3 Å². The van der Waals surface area contributed by atoms with Crippen LogP contribution in [0.15, 0.2) is 24.1 Å². The van der Waals surface area contributed by atoms with Crippen molar-refractivity contribution in [2.24, 2.45) is 0 Å². The highest BCUT2D eigenvalue weighted by molar-refractivity contribution is 14.1. The average molecular weight is 419 g/mol. The number of amides is 2. The van der Waals surface area contributed by atoms with E-state index < -0.39 is 0 Å². The fraction of sp³-hybridized carbons (Fsp3) is 0.429. The van der Waals surface area contributed by atoms with Crippen LogP contribution in [0.2, 0.25) is 0 Å². The summed E-state index contributed by atoms with van der Waals surface area (Å²) in [6.07, 6.45) is 1.66. The molecule has 1 aliphatic heterocycles. The zero-order valence-corrected chi connectivity index (χ0v) is 14.7. The minimum absolute atomic E-state index is 0.00191. The molecular formula is C14H18IN3O2S. The van der Waals surface area contributed by atoms with Crippen LogP contribution in [0.4, 0.5) is 0 Å². The minimum Gasteiger partial charge on any atom is -0.352 e. The third-order valence-electron chi connectivity index (χ3n) is 3.28. The molecule has 7 heteroatoms. The molecule has 1 aromatic heterocycles. The van der Waals surface area contributed by atoms with Crippen molar-refractivity contribution in [2.45, 2.75) is 0 Å².